The molecule has 4 aromatic carbocycles. The molecule has 1 heterocycles. The van der Waals surface area contributed by atoms with E-state index in [9.17, 15) is 0 Å². The summed E-state index contributed by atoms with van der Waals surface area (Å²) in [5.41, 5.74) is 7.61. The number of aromatic nitrogens is 1. The van der Waals surface area contributed by atoms with E-state index < -0.39 is 0 Å². The molecule has 0 atom stereocenters. The van der Waals surface area contributed by atoms with Crippen molar-refractivity contribution in [3.8, 4) is 22.9 Å². The molecule has 0 saturated heterocycles. The lowest BCUT2D eigenvalue weighted by atomic mass is 10.0. The Morgan fingerprint density at radius 3 is 2.20 bits per heavy atom. The number of hydrogen-bond acceptors (Lipinski definition) is 2. The minimum Gasteiger partial charge on any atom is -0.378 e. The molecular weight excluding hydrogens is 366 g/mol. The van der Waals surface area contributed by atoms with E-state index in [4.69, 9.17) is 5.26 Å². The van der Waals surface area contributed by atoms with Crippen LogP contribution in [0.2, 0.25) is 0 Å². The third kappa shape index (κ3) is 2.91. The molecule has 3 heteroatoms. The normalized spacial score (nSPS) is 11.0. The summed E-state index contributed by atoms with van der Waals surface area (Å²) in [7, 11) is 4.12. The number of nitrogens with zero attached hydrogens (tertiary/aromatic N) is 3. The maximum atomic E-state index is 9.17. The van der Waals surface area contributed by atoms with Crippen LogP contribution in [-0.2, 0) is 0 Å². The fourth-order valence-corrected chi connectivity index (χ4v) is 4.08. The second-order valence-corrected chi connectivity index (χ2v) is 7.69. The minimum atomic E-state index is 0.667. The first kappa shape index (κ1) is 18.0. The van der Waals surface area contributed by atoms with Crippen LogP contribution in [0.25, 0.3) is 38.6 Å². The summed E-state index contributed by atoms with van der Waals surface area (Å²) in [5, 5.41) is 11.6. The van der Waals surface area contributed by atoms with Crippen LogP contribution in [-0.4, -0.2) is 18.7 Å². The zero-order valence-electron chi connectivity index (χ0n) is 17.0. The van der Waals surface area contributed by atoms with Gasteiger partial charge in [-0.15, -0.1) is 0 Å². The molecule has 0 spiro atoms. The van der Waals surface area contributed by atoms with Crippen molar-refractivity contribution in [2.24, 2.45) is 0 Å². The molecule has 5 rings (SSSR count). The number of fused-ring (bicyclic) bond motifs is 3. The van der Waals surface area contributed by atoms with Crippen LogP contribution in [0.15, 0.2) is 91.0 Å². The highest BCUT2D eigenvalue weighted by Gasteiger charge is 2.13. The molecule has 0 aliphatic rings. The summed E-state index contributed by atoms with van der Waals surface area (Å²) < 4.78 is 2.28. The van der Waals surface area contributed by atoms with E-state index in [-0.39, 0.29) is 0 Å². The van der Waals surface area contributed by atoms with Gasteiger partial charge in [0.15, 0.2) is 0 Å². The topological polar surface area (TPSA) is 32.0 Å². The van der Waals surface area contributed by atoms with E-state index >= 15 is 0 Å². The molecule has 0 fully saturated rings. The van der Waals surface area contributed by atoms with E-state index in [2.05, 4.69) is 96.4 Å². The number of nitriles is 1. The highest BCUT2D eigenvalue weighted by Crippen LogP contribution is 2.35. The lowest BCUT2D eigenvalue weighted by Gasteiger charge is -2.14. The second kappa shape index (κ2) is 7.09. The highest BCUT2D eigenvalue weighted by atomic mass is 15.1. The van der Waals surface area contributed by atoms with Gasteiger partial charge in [0.25, 0.3) is 0 Å². The summed E-state index contributed by atoms with van der Waals surface area (Å²) in [4.78, 5) is 2.12. The van der Waals surface area contributed by atoms with Gasteiger partial charge in [0.05, 0.1) is 22.7 Å². The average molecular weight is 387 g/mol. The zero-order chi connectivity index (χ0) is 20.7. The van der Waals surface area contributed by atoms with Crippen molar-refractivity contribution in [3.05, 3.63) is 96.6 Å². The molecule has 30 heavy (non-hydrogen) atoms. The largest absolute Gasteiger partial charge is 0.378 e. The quantitative estimate of drug-likeness (QED) is 0.359. The van der Waals surface area contributed by atoms with Crippen molar-refractivity contribution in [1.82, 2.24) is 4.57 Å². The molecular formula is C27H21N3. The van der Waals surface area contributed by atoms with Gasteiger partial charge >= 0.3 is 0 Å². The molecule has 144 valence electrons. The summed E-state index contributed by atoms with van der Waals surface area (Å²) in [6.07, 6.45) is 0. The van der Waals surface area contributed by atoms with Crippen LogP contribution < -0.4 is 4.90 Å². The van der Waals surface area contributed by atoms with Gasteiger partial charge in [-0.3, -0.25) is 0 Å². The van der Waals surface area contributed by atoms with Crippen LogP contribution in [0, 0.1) is 11.3 Å². The van der Waals surface area contributed by atoms with Crippen molar-refractivity contribution in [2.45, 2.75) is 0 Å². The molecule has 0 N–H and O–H groups in total. The van der Waals surface area contributed by atoms with E-state index in [1.807, 2.05) is 24.3 Å². The fourth-order valence-electron chi connectivity index (χ4n) is 4.08. The number of anilines is 1. The van der Waals surface area contributed by atoms with Gasteiger partial charge in [0, 0.05) is 36.2 Å². The van der Waals surface area contributed by atoms with Gasteiger partial charge in [-0.2, -0.15) is 5.26 Å². The second-order valence-electron chi connectivity index (χ2n) is 7.69. The maximum absolute atomic E-state index is 9.17. The Morgan fingerprint density at radius 1 is 0.700 bits per heavy atom. The number of rotatable bonds is 3. The Kier molecular flexibility index (Phi) is 4.26. The molecule has 0 aliphatic heterocycles. The molecule has 0 unspecified atom stereocenters. The molecule has 5 aromatic rings. The Labute approximate surface area is 176 Å². The smallest absolute Gasteiger partial charge is 0.0991 e. The third-order valence-corrected chi connectivity index (χ3v) is 5.62. The number of benzene rings is 4. The predicted molar refractivity (Wildman–Crippen MR) is 125 cm³/mol. The van der Waals surface area contributed by atoms with Gasteiger partial charge in [0.1, 0.15) is 0 Å². The van der Waals surface area contributed by atoms with E-state index in [1.54, 1.807) is 0 Å². The monoisotopic (exact) mass is 387 g/mol. The molecule has 0 radical (unpaired) electrons. The van der Waals surface area contributed by atoms with Crippen molar-refractivity contribution in [3.63, 3.8) is 0 Å². The van der Waals surface area contributed by atoms with E-state index in [0.29, 0.717) is 5.56 Å². The highest BCUT2D eigenvalue weighted by molar-refractivity contribution is 6.10. The number of para-hydroxylation sites is 1. The van der Waals surface area contributed by atoms with Crippen LogP contribution in [0.5, 0.6) is 0 Å². The van der Waals surface area contributed by atoms with E-state index in [0.717, 1.165) is 16.7 Å². The summed E-state index contributed by atoms with van der Waals surface area (Å²) in [6.45, 7) is 0. The van der Waals surface area contributed by atoms with Crippen LogP contribution in [0.1, 0.15) is 5.56 Å². The fraction of sp³-hybridized carbons (Fsp3) is 0.0741. The van der Waals surface area contributed by atoms with Gasteiger partial charge in [-0.1, -0.05) is 42.5 Å². The zero-order valence-corrected chi connectivity index (χ0v) is 17.0. The lowest BCUT2D eigenvalue weighted by molar-refractivity contribution is 1.13. The molecule has 0 amide bonds. The van der Waals surface area contributed by atoms with Gasteiger partial charge in [-0.05, 0) is 59.7 Å². The standard InChI is InChI=1S/C27H21N3/c1-29(2)23-7-5-6-20(16-23)21-12-15-25-24-8-3-4-9-26(24)30(27(25)17-21)22-13-10-19(18-28)11-14-22/h3-17H,1-2H3. The van der Waals surface area contributed by atoms with Crippen LogP contribution in [0.3, 0.4) is 0 Å². The van der Waals surface area contributed by atoms with Crippen molar-refractivity contribution >= 4 is 27.5 Å². The van der Waals surface area contributed by atoms with Crippen LogP contribution >= 0.6 is 0 Å². The maximum Gasteiger partial charge on any atom is 0.0991 e. The van der Waals surface area contributed by atoms with Crippen LogP contribution in [0.4, 0.5) is 5.69 Å². The third-order valence-electron chi connectivity index (χ3n) is 5.62. The molecule has 0 aliphatic carbocycles. The Hall–Kier alpha value is -4.03. The average Bonchev–Trinajstić information content (AvgIpc) is 3.13. The summed E-state index contributed by atoms with van der Waals surface area (Å²) in [5.74, 6) is 0. The molecule has 1 aromatic heterocycles. The molecule has 0 bridgehead atoms. The predicted octanol–water partition coefficient (Wildman–Crippen LogP) is 6.39. The number of hydrogen-bond donors (Lipinski definition) is 0. The van der Waals surface area contributed by atoms with Gasteiger partial charge < -0.3 is 9.47 Å². The first-order chi connectivity index (χ1) is 14.7. The Bertz CT molecular complexity index is 1420. The Morgan fingerprint density at radius 2 is 1.43 bits per heavy atom. The van der Waals surface area contributed by atoms with Crippen molar-refractivity contribution in [2.75, 3.05) is 19.0 Å². The Balaban J connectivity index is 1.78. The first-order valence-corrected chi connectivity index (χ1v) is 9.97. The van der Waals surface area contributed by atoms with Crippen molar-refractivity contribution < 1.29 is 0 Å². The minimum absolute atomic E-state index is 0.667. The summed E-state index contributed by atoms with van der Waals surface area (Å²) in [6, 6.07) is 33.8. The lowest BCUT2D eigenvalue weighted by Crippen LogP contribution is -2.08. The SMILES string of the molecule is CN(C)c1cccc(-c2ccc3c4ccccc4n(-c4ccc(C#N)cc4)c3c2)c1. The van der Waals surface area contributed by atoms with E-state index in [1.165, 1.54) is 27.6 Å². The van der Waals surface area contributed by atoms with Gasteiger partial charge in [0.2, 0.25) is 0 Å². The van der Waals surface area contributed by atoms with Gasteiger partial charge in [-0.25, -0.2) is 0 Å². The molecule has 3 nitrogen and oxygen atoms in total. The first-order valence-electron chi connectivity index (χ1n) is 9.97. The van der Waals surface area contributed by atoms with Crippen molar-refractivity contribution in [1.29, 1.82) is 5.26 Å². The summed E-state index contributed by atoms with van der Waals surface area (Å²) >= 11 is 0. The molecule has 0 saturated carbocycles.